The summed E-state index contributed by atoms with van der Waals surface area (Å²) in [7, 11) is 0. The SMILES string of the molecule is CCC1CCCCN1C(=O)C(=O)Nc1ccc(F)c(F)c1. The molecule has 0 aliphatic carbocycles. The molecule has 1 heterocycles. The third-order valence-electron chi connectivity index (χ3n) is 3.73. The molecule has 1 aliphatic heterocycles. The summed E-state index contributed by atoms with van der Waals surface area (Å²) in [5.74, 6) is -3.50. The highest BCUT2D eigenvalue weighted by atomic mass is 19.2. The Balaban J connectivity index is 2.04. The Morgan fingerprint density at radius 1 is 1.29 bits per heavy atom. The van der Waals surface area contributed by atoms with Crippen LogP contribution >= 0.6 is 0 Å². The quantitative estimate of drug-likeness (QED) is 0.853. The fourth-order valence-electron chi connectivity index (χ4n) is 2.58. The summed E-state index contributed by atoms with van der Waals surface area (Å²) in [4.78, 5) is 25.7. The molecule has 2 rings (SSSR count). The molecule has 1 atom stereocenters. The molecule has 21 heavy (non-hydrogen) atoms. The Kier molecular flexibility index (Phi) is 4.88. The highest BCUT2D eigenvalue weighted by molar-refractivity contribution is 6.39. The number of hydrogen-bond donors (Lipinski definition) is 1. The number of likely N-dealkylation sites (tertiary alicyclic amines) is 1. The minimum Gasteiger partial charge on any atom is -0.331 e. The molecule has 1 N–H and O–H groups in total. The van der Waals surface area contributed by atoms with E-state index >= 15 is 0 Å². The first kappa shape index (κ1) is 15.4. The van der Waals surface area contributed by atoms with Gasteiger partial charge < -0.3 is 10.2 Å². The molecule has 2 amide bonds. The molecule has 1 fully saturated rings. The first-order valence-electron chi connectivity index (χ1n) is 7.10. The molecular weight excluding hydrogens is 278 g/mol. The Bertz CT molecular complexity index is 548. The molecule has 0 radical (unpaired) electrons. The molecule has 1 aromatic carbocycles. The number of halogens is 2. The summed E-state index contributed by atoms with van der Waals surface area (Å²) < 4.78 is 25.9. The zero-order valence-electron chi connectivity index (χ0n) is 11.9. The number of carbonyl (C=O) groups is 2. The van der Waals surface area contributed by atoms with Gasteiger partial charge in [0.25, 0.3) is 0 Å². The number of hydrogen-bond acceptors (Lipinski definition) is 2. The molecular formula is C15H18F2N2O2. The van der Waals surface area contributed by atoms with E-state index in [1.165, 1.54) is 6.07 Å². The van der Waals surface area contributed by atoms with Gasteiger partial charge in [0, 0.05) is 24.3 Å². The maximum atomic E-state index is 13.1. The van der Waals surface area contributed by atoms with Crippen LogP contribution in [0.15, 0.2) is 18.2 Å². The fraction of sp³-hybridized carbons (Fsp3) is 0.467. The average molecular weight is 296 g/mol. The van der Waals surface area contributed by atoms with Crippen molar-refractivity contribution >= 4 is 17.5 Å². The van der Waals surface area contributed by atoms with E-state index in [2.05, 4.69) is 5.32 Å². The Labute approximate surface area is 122 Å². The summed E-state index contributed by atoms with van der Waals surface area (Å²) in [5, 5.41) is 2.31. The summed E-state index contributed by atoms with van der Waals surface area (Å²) in [6.45, 7) is 2.53. The van der Waals surface area contributed by atoms with Gasteiger partial charge in [-0.25, -0.2) is 8.78 Å². The van der Waals surface area contributed by atoms with Crippen LogP contribution < -0.4 is 5.32 Å². The zero-order valence-corrected chi connectivity index (χ0v) is 11.9. The molecule has 114 valence electrons. The number of amides is 2. The van der Waals surface area contributed by atoms with Crippen molar-refractivity contribution in [2.75, 3.05) is 11.9 Å². The number of rotatable bonds is 2. The normalized spacial score (nSPS) is 18.4. The molecule has 0 spiro atoms. The van der Waals surface area contributed by atoms with E-state index in [1.807, 2.05) is 6.92 Å². The summed E-state index contributed by atoms with van der Waals surface area (Å²) in [6, 6.07) is 3.05. The van der Waals surface area contributed by atoms with Crippen LogP contribution in [0.2, 0.25) is 0 Å². The van der Waals surface area contributed by atoms with Gasteiger partial charge in [0.05, 0.1) is 0 Å². The first-order valence-corrected chi connectivity index (χ1v) is 7.10. The standard InChI is InChI=1S/C15H18F2N2O2/c1-2-11-5-3-4-8-19(11)15(21)14(20)18-10-6-7-12(16)13(17)9-10/h6-7,9,11H,2-5,8H2,1H3,(H,18,20). The fourth-order valence-corrected chi connectivity index (χ4v) is 2.58. The summed E-state index contributed by atoms with van der Waals surface area (Å²) in [5.41, 5.74) is 0.0670. The van der Waals surface area contributed by atoms with E-state index in [0.717, 1.165) is 37.8 Å². The summed E-state index contributed by atoms with van der Waals surface area (Å²) in [6.07, 6.45) is 3.61. The van der Waals surface area contributed by atoms with Crippen molar-refractivity contribution in [2.24, 2.45) is 0 Å². The molecule has 1 saturated heterocycles. The minimum absolute atomic E-state index is 0.0670. The van der Waals surface area contributed by atoms with E-state index in [0.29, 0.717) is 6.54 Å². The van der Waals surface area contributed by atoms with Gasteiger partial charge in [-0.2, -0.15) is 0 Å². The van der Waals surface area contributed by atoms with Crippen LogP contribution in [0.4, 0.5) is 14.5 Å². The van der Waals surface area contributed by atoms with Crippen LogP contribution in [0, 0.1) is 11.6 Å². The van der Waals surface area contributed by atoms with Crippen LogP contribution in [0.25, 0.3) is 0 Å². The smallest absolute Gasteiger partial charge is 0.313 e. The number of nitrogens with zero attached hydrogens (tertiary/aromatic N) is 1. The topological polar surface area (TPSA) is 49.4 Å². The van der Waals surface area contributed by atoms with Crippen molar-refractivity contribution in [3.8, 4) is 0 Å². The maximum Gasteiger partial charge on any atom is 0.313 e. The number of carbonyl (C=O) groups excluding carboxylic acids is 2. The monoisotopic (exact) mass is 296 g/mol. The van der Waals surface area contributed by atoms with Crippen LogP contribution in [0.5, 0.6) is 0 Å². The van der Waals surface area contributed by atoms with Crippen molar-refractivity contribution in [3.63, 3.8) is 0 Å². The van der Waals surface area contributed by atoms with E-state index in [-0.39, 0.29) is 11.7 Å². The van der Waals surface area contributed by atoms with E-state index in [9.17, 15) is 18.4 Å². The lowest BCUT2D eigenvalue weighted by Gasteiger charge is -2.34. The Hall–Kier alpha value is -1.98. The maximum absolute atomic E-state index is 13.1. The van der Waals surface area contributed by atoms with Gasteiger partial charge in [-0.1, -0.05) is 6.92 Å². The third-order valence-corrected chi connectivity index (χ3v) is 3.73. The highest BCUT2D eigenvalue weighted by Gasteiger charge is 2.29. The lowest BCUT2D eigenvalue weighted by atomic mass is 10.00. The van der Waals surface area contributed by atoms with Gasteiger partial charge in [0.15, 0.2) is 11.6 Å². The first-order chi connectivity index (χ1) is 10.0. The Morgan fingerprint density at radius 3 is 2.71 bits per heavy atom. The largest absolute Gasteiger partial charge is 0.331 e. The zero-order chi connectivity index (χ0) is 15.4. The van der Waals surface area contributed by atoms with E-state index in [1.54, 1.807) is 4.90 Å². The third kappa shape index (κ3) is 3.56. The van der Waals surface area contributed by atoms with E-state index < -0.39 is 23.4 Å². The van der Waals surface area contributed by atoms with Gasteiger partial charge >= 0.3 is 11.8 Å². The van der Waals surface area contributed by atoms with Crippen molar-refractivity contribution in [1.29, 1.82) is 0 Å². The second kappa shape index (κ2) is 6.65. The van der Waals surface area contributed by atoms with E-state index in [4.69, 9.17) is 0 Å². The van der Waals surface area contributed by atoms with Crippen LogP contribution in [-0.4, -0.2) is 29.3 Å². The number of anilines is 1. The predicted octanol–water partition coefficient (Wildman–Crippen LogP) is 2.69. The van der Waals surface area contributed by atoms with Crippen molar-refractivity contribution in [1.82, 2.24) is 4.90 Å². The number of piperidine rings is 1. The van der Waals surface area contributed by atoms with Crippen molar-refractivity contribution in [2.45, 2.75) is 38.6 Å². The molecule has 1 aromatic rings. The van der Waals surface area contributed by atoms with Crippen LogP contribution in [0.3, 0.4) is 0 Å². The Morgan fingerprint density at radius 2 is 2.05 bits per heavy atom. The van der Waals surface area contributed by atoms with Crippen LogP contribution in [0.1, 0.15) is 32.6 Å². The lowest BCUT2D eigenvalue weighted by Crippen LogP contribution is -2.48. The molecule has 0 aromatic heterocycles. The molecule has 0 bridgehead atoms. The van der Waals surface area contributed by atoms with Crippen LogP contribution in [-0.2, 0) is 9.59 Å². The van der Waals surface area contributed by atoms with Gasteiger partial charge in [0.2, 0.25) is 0 Å². The van der Waals surface area contributed by atoms with Crippen molar-refractivity contribution < 1.29 is 18.4 Å². The average Bonchev–Trinajstić information content (AvgIpc) is 2.50. The molecule has 1 unspecified atom stereocenters. The second-order valence-electron chi connectivity index (χ2n) is 5.14. The van der Waals surface area contributed by atoms with Gasteiger partial charge in [-0.15, -0.1) is 0 Å². The highest BCUT2D eigenvalue weighted by Crippen LogP contribution is 2.20. The summed E-state index contributed by atoms with van der Waals surface area (Å²) >= 11 is 0. The van der Waals surface area contributed by atoms with Gasteiger partial charge in [-0.05, 0) is 37.8 Å². The molecule has 0 saturated carbocycles. The van der Waals surface area contributed by atoms with Gasteiger partial charge in [-0.3, -0.25) is 9.59 Å². The molecule has 6 heteroatoms. The minimum atomic E-state index is -1.07. The molecule has 1 aliphatic rings. The number of benzene rings is 1. The predicted molar refractivity (Wildman–Crippen MR) is 74.6 cm³/mol. The van der Waals surface area contributed by atoms with Gasteiger partial charge in [0.1, 0.15) is 0 Å². The molecule has 4 nitrogen and oxygen atoms in total. The number of nitrogens with one attached hydrogen (secondary N) is 1. The van der Waals surface area contributed by atoms with Crippen molar-refractivity contribution in [3.05, 3.63) is 29.8 Å². The second-order valence-corrected chi connectivity index (χ2v) is 5.14. The lowest BCUT2D eigenvalue weighted by molar-refractivity contribution is -0.145.